The molecular weight excluding hydrogens is 375 g/mol. The van der Waals surface area contributed by atoms with Gasteiger partial charge in [-0.05, 0) is 54.7 Å². The molecule has 1 aliphatic heterocycles. The molecule has 1 aliphatic rings. The summed E-state index contributed by atoms with van der Waals surface area (Å²) in [5.74, 6) is 1.28. The normalized spacial score (nSPS) is 17.4. The highest BCUT2D eigenvalue weighted by Crippen LogP contribution is 2.35. The first-order chi connectivity index (χ1) is 13.5. The van der Waals surface area contributed by atoms with E-state index in [1.165, 1.54) is 11.8 Å². The van der Waals surface area contributed by atoms with Crippen molar-refractivity contribution in [1.29, 1.82) is 0 Å². The quantitative estimate of drug-likeness (QED) is 0.611. The average Bonchev–Trinajstić information content (AvgIpc) is 2.69. The SMILES string of the molecule is CCC(c1cc(F)ccc1OC)C(C)CN1CCN(c2cccc(Cl)c2)CC1. The first-order valence-electron chi connectivity index (χ1n) is 10.1. The van der Waals surface area contributed by atoms with Crippen LogP contribution in [0.15, 0.2) is 42.5 Å². The van der Waals surface area contributed by atoms with Crippen molar-refractivity contribution < 1.29 is 9.13 Å². The number of anilines is 1. The number of hydrogen-bond donors (Lipinski definition) is 0. The maximum Gasteiger partial charge on any atom is 0.123 e. The molecule has 152 valence electrons. The molecule has 3 rings (SSSR count). The van der Waals surface area contributed by atoms with Gasteiger partial charge >= 0.3 is 0 Å². The van der Waals surface area contributed by atoms with E-state index in [-0.39, 0.29) is 11.7 Å². The van der Waals surface area contributed by atoms with E-state index in [1.807, 2.05) is 18.2 Å². The van der Waals surface area contributed by atoms with Crippen molar-refractivity contribution in [3.8, 4) is 5.75 Å². The minimum Gasteiger partial charge on any atom is -0.496 e. The van der Waals surface area contributed by atoms with E-state index in [1.54, 1.807) is 19.2 Å². The summed E-state index contributed by atoms with van der Waals surface area (Å²) >= 11 is 6.13. The van der Waals surface area contributed by atoms with Crippen molar-refractivity contribution in [3.63, 3.8) is 0 Å². The molecule has 2 unspecified atom stereocenters. The minimum atomic E-state index is -0.198. The second-order valence-electron chi connectivity index (χ2n) is 7.65. The minimum absolute atomic E-state index is 0.198. The summed E-state index contributed by atoms with van der Waals surface area (Å²) in [6, 6.07) is 12.9. The monoisotopic (exact) mass is 404 g/mol. The van der Waals surface area contributed by atoms with E-state index in [0.29, 0.717) is 5.92 Å². The lowest BCUT2D eigenvalue weighted by atomic mass is 9.84. The van der Waals surface area contributed by atoms with Gasteiger partial charge < -0.3 is 9.64 Å². The molecule has 0 bridgehead atoms. The van der Waals surface area contributed by atoms with Crippen LogP contribution in [0.3, 0.4) is 0 Å². The molecule has 0 N–H and O–H groups in total. The van der Waals surface area contributed by atoms with Gasteiger partial charge in [-0.25, -0.2) is 4.39 Å². The summed E-state index contributed by atoms with van der Waals surface area (Å²) < 4.78 is 19.4. The molecule has 0 aromatic heterocycles. The maximum absolute atomic E-state index is 13.9. The van der Waals surface area contributed by atoms with Crippen LogP contribution < -0.4 is 9.64 Å². The fourth-order valence-corrected chi connectivity index (χ4v) is 4.50. The first-order valence-corrected chi connectivity index (χ1v) is 10.5. The number of halogens is 2. The molecule has 0 aliphatic carbocycles. The lowest BCUT2D eigenvalue weighted by molar-refractivity contribution is 0.208. The number of rotatable bonds is 7. The number of nitrogens with zero attached hydrogens (tertiary/aromatic N) is 2. The Bertz CT molecular complexity index is 777. The lowest BCUT2D eigenvalue weighted by Crippen LogP contribution is -2.48. The molecule has 1 fully saturated rings. The summed E-state index contributed by atoms with van der Waals surface area (Å²) in [6.45, 7) is 9.47. The molecule has 1 saturated heterocycles. The largest absolute Gasteiger partial charge is 0.496 e. The third kappa shape index (κ3) is 4.98. The lowest BCUT2D eigenvalue weighted by Gasteiger charge is -2.38. The number of ether oxygens (including phenoxy) is 1. The highest BCUT2D eigenvalue weighted by molar-refractivity contribution is 6.30. The summed E-state index contributed by atoms with van der Waals surface area (Å²) in [5.41, 5.74) is 2.17. The number of benzene rings is 2. The van der Waals surface area contributed by atoms with Crippen molar-refractivity contribution in [2.75, 3.05) is 44.7 Å². The number of methoxy groups -OCH3 is 1. The van der Waals surface area contributed by atoms with Crippen molar-refractivity contribution in [3.05, 3.63) is 58.9 Å². The van der Waals surface area contributed by atoms with Gasteiger partial charge in [0.1, 0.15) is 11.6 Å². The number of piperazine rings is 1. The van der Waals surface area contributed by atoms with Crippen LogP contribution in [0.5, 0.6) is 5.75 Å². The Hall–Kier alpha value is -1.78. The van der Waals surface area contributed by atoms with Gasteiger partial charge in [0.15, 0.2) is 0 Å². The Morgan fingerprint density at radius 2 is 1.86 bits per heavy atom. The van der Waals surface area contributed by atoms with Crippen LogP contribution in [-0.2, 0) is 0 Å². The molecule has 5 heteroatoms. The Balaban J connectivity index is 1.61. The Morgan fingerprint density at radius 1 is 1.11 bits per heavy atom. The number of hydrogen-bond acceptors (Lipinski definition) is 3. The zero-order valence-corrected chi connectivity index (χ0v) is 17.8. The van der Waals surface area contributed by atoms with E-state index >= 15 is 0 Å². The maximum atomic E-state index is 13.9. The molecule has 28 heavy (non-hydrogen) atoms. The Morgan fingerprint density at radius 3 is 2.50 bits per heavy atom. The zero-order chi connectivity index (χ0) is 20.1. The molecule has 0 radical (unpaired) electrons. The summed E-state index contributed by atoms with van der Waals surface area (Å²) in [5, 5.41) is 0.781. The fraction of sp³-hybridized carbons (Fsp3) is 0.478. The van der Waals surface area contributed by atoms with Crippen LogP contribution in [0, 0.1) is 11.7 Å². The van der Waals surface area contributed by atoms with Crippen molar-refractivity contribution >= 4 is 17.3 Å². The zero-order valence-electron chi connectivity index (χ0n) is 17.0. The predicted molar refractivity (Wildman–Crippen MR) is 115 cm³/mol. The highest BCUT2D eigenvalue weighted by Gasteiger charge is 2.25. The van der Waals surface area contributed by atoms with E-state index in [0.717, 1.165) is 55.5 Å². The van der Waals surface area contributed by atoms with Crippen molar-refractivity contribution in [2.24, 2.45) is 5.92 Å². The fourth-order valence-electron chi connectivity index (χ4n) is 4.32. The summed E-state index contributed by atoms with van der Waals surface area (Å²) in [7, 11) is 1.66. The standard InChI is InChI=1S/C23H30ClFN2O/c1-4-21(22-15-19(25)8-9-23(22)28-3)17(2)16-26-10-12-27(13-11-26)20-7-5-6-18(24)14-20/h5-9,14-15,17,21H,4,10-13,16H2,1-3H3. The van der Waals surface area contributed by atoms with Crippen LogP contribution in [0.2, 0.25) is 5.02 Å². The molecule has 1 heterocycles. The summed E-state index contributed by atoms with van der Waals surface area (Å²) in [6.07, 6.45) is 0.962. The van der Waals surface area contributed by atoms with Crippen LogP contribution in [0.25, 0.3) is 0 Å². The van der Waals surface area contributed by atoms with Crippen LogP contribution in [0.4, 0.5) is 10.1 Å². The average molecular weight is 405 g/mol. The third-order valence-electron chi connectivity index (χ3n) is 5.81. The van der Waals surface area contributed by atoms with Gasteiger partial charge in [0.25, 0.3) is 0 Å². The van der Waals surface area contributed by atoms with Crippen LogP contribution >= 0.6 is 11.6 Å². The molecule has 3 nitrogen and oxygen atoms in total. The smallest absolute Gasteiger partial charge is 0.123 e. The highest BCUT2D eigenvalue weighted by atomic mass is 35.5. The van der Waals surface area contributed by atoms with E-state index in [4.69, 9.17) is 16.3 Å². The molecule has 2 atom stereocenters. The molecule has 0 spiro atoms. The van der Waals surface area contributed by atoms with Gasteiger partial charge in [-0.2, -0.15) is 0 Å². The first kappa shape index (κ1) is 20.9. The van der Waals surface area contributed by atoms with E-state index < -0.39 is 0 Å². The molecule has 2 aromatic carbocycles. The third-order valence-corrected chi connectivity index (χ3v) is 6.04. The Kier molecular flexibility index (Phi) is 7.19. The molecular formula is C23H30ClFN2O. The van der Waals surface area contributed by atoms with Gasteiger partial charge in [0, 0.05) is 49.0 Å². The van der Waals surface area contributed by atoms with Gasteiger partial charge in [-0.1, -0.05) is 31.5 Å². The topological polar surface area (TPSA) is 15.7 Å². The van der Waals surface area contributed by atoms with E-state index in [9.17, 15) is 4.39 Å². The van der Waals surface area contributed by atoms with E-state index in [2.05, 4.69) is 29.7 Å². The molecule has 0 saturated carbocycles. The van der Waals surface area contributed by atoms with Gasteiger partial charge in [0.05, 0.1) is 7.11 Å². The second-order valence-corrected chi connectivity index (χ2v) is 8.08. The van der Waals surface area contributed by atoms with Crippen molar-refractivity contribution in [2.45, 2.75) is 26.2 Å². The Labute approximate surface area is 173 Å². The molecule has 0 amide bonds. The van der Waals surface area contributed by atoms with Gasteiger partial charge in [-0.3, -0.25) is 4.90 Å². The predicted octanol–water partition coefficient (Wildman–Crippen LogP) is 5.44. The summed E-state index contributed by atoms with van der Waals surface area (Å²) in [4.78, 5) is 4.90. The van der Waals surface area contributed by atoms with Gasteiger partial charge in [-0.15, -0.1) is 0 Å². The van der Waals surface area contributed by atoms with Crippen LogP contribution in [-0.4, -0.2) is 44.7 Å². The second kappa shape index (κ2) is 9.62. The van der Waals surface area contributed by atoms with Crippen LogP contribution in [0.1, 0.15) is 31.7 Å². The van der Waals surface area contributed by atoms with Crippen molar-refractivity contribution in [1.82, 2.24) is 4.90 Å². The van der Waals surface area contributed by atoms with Gasteiger partial charge in [0.2, 0.25) is 0 Å². The molecule has 2 aromatic rings.